The number of methoxy groups -OCH3 is 1. The van der Waals surface area contributed by atoms with E-state index in [1.165, 1.54) is 66.8 Å². The molecule has 1 unspecified atom stereocenters. The molecule has 314 valence electrons. The van der Waals surface area contributed by atoms with E-state index in [1.807, 2.05) is 6.07 Å². The summed E-state index contributed by atoms with van der Waals surface area (Å²) in [6, 6.07) is 12.8. The zero-order valence-electron chi connectivity index (χ0n) is 32.0. The summed E-state index contributed by atoms with van der Waals surface area (Å²) in [4.78, 5) is 82.3. The Morgan fingerprint density at radius 3 is 2.63 bits per heavy atom. The van der Waals surface area contributed by atoms with Crippen LogP contribution in [0.15, 0.2) is 71.8 Å². The van der Waals surface area contributed by atoms with Gasteiger partial charge in [0.15, 0.2) is 0 Å². The van der Waals surface area contributed by atoms with Crippen molar-refractivity contribution in [2.75, 3.05) is 48.8 Å². The molecule has 5 amide bonds. The van der Waals surface area contributed by atoms with Crippen LogP contribution in [-0.2, 0) is 46.9 Å². The number of benzene rings is 2. The monoisotopic (exact) mass is 861 g/mol. The minimum atomic E-state index is -4.14. The van der Waals surface area contributed by atoms with Crippen molar-refractivity contribution in [3.63, 3.8) is 0 Å². The molecule has 1 fully saturated rings. The van der Waals surface area contributed by atoms with Gasteiger partial charge in [0, 0.05) is 65.6 Å². The van der Waals surface area contributed by atoms with Crippen molar-refractivity contribution in [3.05, 3.63) is 98.7 Å². The maximum absolute atomic E-state index is 13.1. The quantitative estimate of drug-likeness (QED) is 0.0298. The molecule has 1 atom stereocenters. The SMILES string of the molecule is COc1nc(CCCNC(=O)COCCNc2cccc3c2CN(C2CCC(=O)NC2=O)C3=O)cnc1NS(=O)(=O)c1ccc(NC(=O)/C=C/c2ccc([N+](=O)[O-])s2)cc1. The van der Waals surface area contributed by atoms with Gasteiger partial charge in [0.25, 0.3) is 21.8 Å². The number of sulfonamides is 1. The molecule has 2 aliphatic heterocycles. The fraction of sp³-hybridized carbons (Fsp3) is 0.289. The predicted octanol–water partition coefficient (Wildman–Crippen LogP) is 2.85. The van der Waals surface area contributed by atoms with Gasteiger partial charge in [-0.15, -0.1) is 0 Å². The summed E-state index contributed by atoms with van der Waals surface area (Å²) < 4.78 is 39.4. The van der Waals surface area contributed by atoms with Crippen LogP contribution in [0.3, 0.4) is 0 Å². The molecule has 0 saturated carbocycles. The molecule has 6 rings (SSSR count). The Kier molecular flexibility index (Phi) is 13.8. The summed E-state index contributed by atoms with van der Waals surface area (Å²) >= 11 is 0.916. The maximum atomic E-state index is 13.1. The minimum Gasteiger partial charge on any atom is -0.478 e. The fourth-order valence-corrected chi connectivity index (χ4v) is 7.97. The number of nitrogens with one attached hydrogen (secondary N) is 5. The van der Waals surface area contributed by atoms with Crippen molar-refractivity contribution in [2.45, 2.75) is 43.2 Å². The van der Waals surface area contributed by atoms with Crippen molar-refractivity contribution in [1.29, 1.82) is 0 Å². The lowest BCUT2D eigenvalue weighted by Crippen LogP contribution is -2.52. The van der Waals surface area contributed by atoms with E-state index in [4.69, 9.17) is 9.47 Å². The molecule has 2 aromatic carbocycles. The number of nitrogens with zero attached hydrogens (tertiary/aromatic N) is 4. The van der Waals surface area contributed by atoms with Gasteiger partial charge in [0.05, 0.1) is 35.4 Å². The van der Waals surface area contributed by atoms with Crippen molar-refractivity contribution in [1.82, 2.24) is 25.5 Å². The lowest BCUT2D eigenvalue weighted by molar-refractivity contribution is -0.380. The first-order valence-electron chi connectivity index (χ1n) is 18.4. The number of aryl methyl sites for hydroxylation is 1. The van der Waals surface area contributed by atoms with Crippen LogP contribution in [0.4, 0.5) is 22.2 Å². The van der Waals surface area contributed by atoms with E-state index in [1.54, 1.807) is 12.1 Å². The van der Waals surface area contributed by atoms with Crippen LogP contribution in [0.25, 0.3) is 6.08 Å². The van der Waals surface area contributed by atoms with Crippen LogP contribution in [0.2, 0.25) is 0 Å². The van der Waals surface area contributed by atoms with Gasteiger partial charge in [-0.25, -0.2) is 18.4 Å². The second-order valence-electron chi connectivity index (χ2n) is 13.3. The van der Waals surface area contributed by atoms with E-state index >= 15 is 0 Å². The maximum Gasteiger partial charge on any atom is 0.324 e. The predicted molar refractivity (Wildman–Crippen MR) is 218 cm³/mol. The number of aromatic nitrogens is 2. The van der Waals surface area contributed by atoms with Crippen LogP contribution in [0.5, 0.6) is 5.88 Å². The molecule has 0 spiro atoms. The molecule has 1 saturated heterocycles. The number of amides is 5. The molecule has 60 heavy (non-hydrogen) atoms. The number of hydrogen-bond donors (Lipinski definition) is 5. The first-order chi connectivity index (χ1) is 28.8. The fourth-order valence-electron chi connectivity index (χ4n) is 6.24. The lowest BCUT2D eigenvalue weighted by atomic mass is 10.0. The van der Waals surface area contributed by atoms with Crippen molar-refractivity contribution in [3.8, 4) is 5.88 Å². The summed E-state index contributed by atoms with van der Waals surface area (Å²) in [5.41, 5.74) is 2.75. The molecule has 2 aromatic heterocycles. The summed E-state index contributed by atoms with van der Waals surface area (Å²) in [5, 5.41) is 21.7. The van der Waals surface area contributed by atoms with Crippen molar-refractivity contribution >= 4 is 79.2 Å². The standard InChI is InChI=1S/C38H39N9O11S2/c1-57-37-35(45-60(55,56)26-11-7-23(8-12-26)42-31(48)14-9-25-10-16-34(59-25)47(53)54)41-20-24(43-37)4-3-17-40-33(50)22-58-19-18-39-29-6-2-5-27-28(29)21-46(38(27)52)30-13-15-32(49)44-36(30)51/h2,5-12,14,16,20,30,39H,3-4,13,15,17-19,21-22H2,1H3,(H,40,50)(H,41,45)(H,42,48)(H,44,49,51)/b14-9+. The van der Waals surface area contributed by atoms with Gasteiger partial charge in [-0.1, -0.05) is 17.4 Å². The third-order valence-corrected chi connectivity index (χ3v) is 11.5. The molecule has 20 nitrogen and oxygen atoms in total. The van der Waals surface area contributed by atoms with E-state index in [2.05, 4.69) is 36.0 Å². The second-order valence-corrected chi connectivity index (χ2v) is 16.0. The smallest absolute Gasteiger partial charge is 0.324 e. The highest BCUT2D eigenvalue weighted by atomic mass is 32.2. The molecule has 0 aliphatic carbocycles. The van der Waals surface area contributed by atoms with Gasteiger partial charge in [0.2, 0.25) is 29.4 Å². The third-order valence-electron chi connectivity index (χ3n) is 9.15. The van der Waals surface area contributed by atoms with Gasteiger partial charge in [0.1, 0.15) is 12.6 Å². The Morgan fingerprint density at radius 1 is 1.10 bits per heavy atom. The zero-order valence-corrected chi connectivity index (χ0v) is 33.6. The molecule has 2 aliphatic rings. The zero-order chi connectivity index (χ0) is 42.8. The van der Waals surface area contributed by atoms with Gasteiger partial charge < -0.3 is 30.3 Å². The van der Waals surface area contributed by atoms with E-state index in [9.17, 15) is 42.5 Å². The van der Waals surface area contributed by atoms with E-state index in [0.717, 1.165) is 16.9 Å². The lowest BCUT2D eigenvalue weighted by Gasteiger charge is -2.29. The topological polar surface area (TPSA) is 270 Å². The average molecular weight is 862 g/mol. The molecule has 4 heterocycles. The van der Waals surface area contributed by atoms with E-state index in [-0.39, 0.29) is 71.9 Å². The molecule has 0 radical (unpaired) electrons. The van der Waals surface area contributed by atoms with Gasteiger partial charge in [-0.2, -0.15) is 0 Å². The number of carbonyl (C=O) groups excluding carboxylic acids is 5. The highest BCUT2D eigenvalue weighted by Gasteiger charge is 2.39. The number of ether oxygens (including phenoxy) is 2. The molecule has 0 bridgehead atoms. The highest BCUT2D eigenvalue weighted by molar-refractivity contribution is 7.92. The number of thiophene rings is 1. The Morgan fingerprint density at radius 2 is 1.90 bits per heavy atom. The van der Waals surface area contributed by atoms with Crippen LogP contribution in [-0.4, -0.2) is 97.2 Å². The minimum absolute atomic E-state index is 0.0518. The van der Waals surface area contributed by atoms with E-state index in [0.29, 0.717) is 53.4 Å². The normalized spacial score (nSPS) is 15.1. The van der Waals surface area contributed by atoms with Gasteiger partial charge in [-0.3, -0.25) is 44.1 Å². The van der Waals surface area contributed by atoms with Gasteiger partial charge in [-0.05, 0) is 67.8 Å². The highest BCUT2D eigenvalue weighted by Crippen LogP contribution is 2.32. The molecule has 4 aromatic rings. The summed E-state index contributed by atoms with van der Waals surface area (Å²) in [6.45, 7) is 0.901. The molecule has 5 N–H and O–H groups in total. The van der Waals surface area contributed by atoms with E-state index < -0.39 is 32.8 Å². The molecular weight excluding hydrogens is 823 g/mol. The molecular formula is C38H39N9O11S2. The Labute approximate surface area is 347 Å². The number of nitro groups is 1. The Hall–Kier alpha value is -6.78. The Bertz CT molecular complexity index is 2440. The number of hydrogen-bond acceptors (Lipinski definition) is 15. The number of imide groups is 1. The van der Waals surface area contributed by atoms with Crippen LogP contribution in [0, 0.1) is 10.1 Å². The summed E-state index contributed by atoms with van der Waals surface area (Å²) in [7, 11) is -2.82. The summed E-state index contributed by atoms with van der Waals surface area (Å²) in [5.74, 6) is -2.15. The number of carbonyl (C=O) groups is 5. The van der Waals surface area contributed by atoms with Crippen LogP contribution >= 0.6 is 11.3 Å². The number of piperidine rings is 1. The molecule has 22 heteroatoms. The van der Waals surface area contributed by atoms with Gasteiger partial charge >= 0.3 is 5.00 Å². The summed E-state index contributed by atoms with van der Waals surface area (Å²) in [6.07, 6.45) is 5.35. The number of rotatable bonds is 19. The van der Waals surface area contributed by atoms with Crippen LogP contribution in [0.1, 0.15) is 45.8 Å². The Balaban J connectivity index is 0.891. The van der Waals surface area contributed by atoms with Crippen molar-refractivity contribution < 1.29 is 46.8 Å². The average Bonchev–Trinajstić information content (AvgIpc) is 3.84. The first kappa shape index (κ1) is 42.8. The number of anilines is 3. The van der Waals surface area contributed by atoms with Crippen molar-refractivity contribution in [2.24, 2.45) is 0 Å². The first-order valence-corrected chi connectivity index (χ1v) is 20.7. The number of fused-ring (bicyclic) bond motifs is 1. The largest absolute Gasteiger partial charge is 0.478 e. The second kappa shape index (κ2) is 19.3. The van der Waals surface area contributed by atoms with Crippen LogP contribution < -0.4 is 30.7 Å². The third kappa shape index (κ3) is 10.8.